The number of nitrogens with one attached hydrogen (secondary N) is 1. The Kier molecular flexibility index (Phi) is 7.37. The van der Waals surface area contributed by atoms with Crippen LogP contribution in [0.1, 0.15) is 34.1 Å². The Morgan fingerprint density at radius 2 is 1.82 bits per heavy atom. The SMILES string of the molecule is CCCN(C(=O)Nc1ccccn1)c1ccc(OC(C)(C)C(=O)OCC)cc1. The lowest BCUT2D eigenvalue weighted by molar-refractivity contribution is -0.158. The van der Waals surface area contributed by atoms with Gasteiger partial charge in [-0.05, 0) is 63.6 Å². The number of benzene rings is 1. The lowest BCUT2D eigenvalue weighted by atomic mass is 10.1. The molecule has 2 amide bonds. The Morgan fingerprint density at radius 1 is 1.11 bits per heavy atom. The van der Waals surface area contributed by atoms with Gasteiger partial charge >= 0.3 is 12.0 Å². The molecule has 150 valence electrons. The Balaban J connectivity index is 2.11. The van der Waals surface area contributed by atoms with Gasteiger partial charge in [0, 0.05) is 18.4 Å². The van der Waals surface area contributed by atoms with Crippen molar-refractivity contribution in [3.63, 3.8) is 0 Å². The third-order valence-electron chi connectivity index (χ3n) is 3.88. The van der Waals surface area contributed by atoms with Gasteiger partial charge in [-0.3, -0.25) is 10.2 Å². The highest BCUT2D eigenvalue weighted by Gasteiger charge is 2.31. The van der Waals surface area contributed by atoms with Gasteiger partial charge in [-0.2, -0.15) is 0 Å². The smallest absolute Gasteiger partial charge is 0.349 e. The first-order valence-corrected chi connectivity index (χ1v) is 9.33. The highest BCUT2D eigenvalue weighted by molar-refractivity contribution is 6.01. The molecule has 0 atom stereocenters. The van der Waals surface area contributed by atoms with Crippen LogP contribution in [0.15, 0.2) is 48.7 Å². The summed E-state index contributed by atoms with van der Waals surface area (Å²) >= 11 is 0. The molecule has 1 aromatic carbocycles. The van der Waals surface area contributed by atoms with E-state index in [0.717, 1.165) is 12.1 Å². The standard InChI is InChI=1S/C21H27N3O4/c1-5-15-24(20(26)23-18-9-7-8-14-22-18)16-10-12-17(13-11-16)28-21(3,4)19(25)27-6-2/h7-14H,5-6,15H2,1-4H3,(H,22,23,26). The summed E-state index contributed by atoms with van der Waals surface area (Å²) in [4.78, 5) is 30.4. The Morgan fingerprint density at radius 3 is 2.39 bits per heavy atom. The van der Waals surface area contributed by atoms with E-state index in [0.29, 0.717) is 24.7 Å². The van der Waals surface area contributed by atoms with Crippen molar-refractivity contribution in [2.75, 3.05) is 23.4 Å². The van der Waals surface area contributed by atoms with Crippen molar-refractivity contribution < 1.29 is 19.1 Å². The molecule has 0 radical (unpaired) electrons. The maximum atomic E-state index is 12.7. The topological polar surface area (TPSA) is 80.8 Å². The van der Waals surface area contributed by atoms with Crippen LogP contribution in [0.2, 0.25) is 0 Å². The normalized spacial score (nSPS) is 10.9. The highest BCUT2D eigenvalue weighted by Crippen LogP contribution is 2.24. The van der Waals surface area contributed by atoms with E-state index in [2.05, 4.69) is 10.3 Å². The van der Waals surface area contributed by atoms with Gasteiger partial charge < -0.3 is 9.47 Å². The van der Waals surface area contributed by atoms with E-state index in [1.54, 1.807) is 68.3 Å². The number of carbonyl (C=O) groups is 2. The number of amides is 2. The predicted molar refractivity (Wildman–Crippen MR) is 109 cm³/mol. The number of anilines is 2. The number of hydrogen-bond donors (Lipinski definition) is 1. The van der Waals surface area contributed by atoms with Gasteiger partial charge in [0.25, 0.3) is 0 Å². The second-order valence-corrected chi connectivity index (χ2v) is 6.62. The average Bonchev–Trinajstić information content (AvgIpc) is 2.67. The van der Waals surface area contributed by atoms with Crippen molar-refractivity contribution in [2.45, 2.75) is 39.7 Å². The van der Waals surface area contributed by atoms with Crippen molar-refractivity contribution in [1.29, 1.82) is 0 Å². The first-order chi connectivity index (χ1) is 13.4. The second kappa shape index (κ2) is 9.73. The molecule has 0 saturated heterocycles. The minimum atomic E-state index is -1.10. The molecule has 0 aliphatic heterocycles. The summed E-state index contributed by atoms with van der Waals surface area (Å²) in [5.41, 5.74) is -0.381. The van der Waals surface area contributed by atoms with E-state index in [-0.39, 0.29) is 6.03 Å². The van der Waals surface area contributed by atoms with Crippen LogP contribution < -0.4 is 15.0 Å². The zero-order chi connectivity index (χ0) is 20.6. The van der Waals surface area contributed by atoms with Gasteiger partial charge in [-0.25, -0.2) is 14.6 Å². The van der Waals surface area contributed by atoms with Gasteiger partial charge in [0.1, 0.15) is 11.6 Å². The van der Waals surface area contributed by atoms with Crippen LogP contribution in [0.4, 0.5) is 16.3 Å². The number of aromatic nitrogens is 1. The minimum absolute atomic E-state index is 0.263. The van der Waals surface area contributed by atoms with Crippen LogP contribution in [0.5, 0.6) is 5.75 Å². The largest absolute Gasteiger partial charge is 0.476 e. The molecule has 0 aliphatic carbocycles. The number of esters is 1. The molecular formula is C21H27N3O4. The lowest BCUT2D eigenvalue weighted by Crippen LogP contribution is -2.39. The molecule has 2 aromatic rings. The van der Waals surface area contributed by atoms with E-state index < -0.39 is 11.6 Å². The zero-order valence-electron chi connectivity index (χ0n) is 16.8. The van der Waals surface area contributed by atoms with Crippen LogP contribution in [0, 0.1) is 0 Å². The monoisotopic (exact) mass is 385 g/mol. The van der Waals surface area contributed by atoms with Crippen molar-refractivity contribution in [3.05, 3.63) is 48.7 Å². The maximum absolute atomic E-state index is 12.7. The highest BCUT2D eigenvalue weighted by atomic mass is 16.6. The molecular weight excluding hydrogens is 358 g/mol. The molecule has 7 nitrogen and oxygen atoms in total. The fourth-order valence-corrected chi connectivity index (χ4v) is 2.52. The van der Waals surface area contributed by atoms with Crippen LogP contribution in [0.25, 0.3) is 0 Å². The van der Waals surface area contributed by atoms with Crippen LogP contribution in [0.3, 0.4) is 0 Å². The molecule has 0 saturated carbocycles. The molecule has 1 heterocycles. The van der Waals surface area contributed by atoms with Gasteiger partial charge in [-0.15, -0.1) is 0 Å². The van der Waals surface area contributed by atoms with Crippen molar-refractivity contribution in [1.82, 2.24) is 4.98 Å². The quantitative estimate of drug-likeness (QED) is 0.687. The fourth-order valence-electron chi connectivity index (χ4n) is 2.52. The molecule has 0 spiro atoms. The van der Waals surface area contributed by atoms with Crippen LogP contribution >= 0.6 is 0 Å². The number of nitrogens with zero attached hydrogens (tertiary/aromatic N) is 2. The van der Waals surface area contributed by atoms with E-state index in [1.807, 2.05) is 13.0 Å². The van der Waals surface area contributed by atoms with Gasteiger partial charge in [0.15, 0.2) is 5.60 Å². The third kappa shape index (κ3) is 5.70. The molecule has 0 fully saturated rings. The summed E-state index contributed by atoms with van der Waals surface area (Å²) in [5.74, 6) is 0.578. The molecule has 28 heavy (non-hydrogen) atoms. The Bertz CT molecular complexity index is 776. The van der Waals surface area contributed by atoms with Crippen molar-refractivity contribution >= 4 is 23.5 Å². The molecule has 0 aliphatic rings. The van der Waals surface area contributed by atoms with E-state index >= 15 is 0 Å². The molecule has 2 rings (SSSR count). The third-order valence-corrected chi connectivity index (χ3v) is 3.88. The Labute approximate surface area is 165 Å². The summed E-state index contributed by atoms with van der Waals surface area (Å²) in [7, 11) is 0. The summed E-state index contributed by atoms with van der Waals surface area (Å²) in [6.45, 7) is 7.90. The number of rotatable bonds is 8. The minimum Gasteiger partial charge on any atom is -0.476 e. The fraction of sp³-hybridized carbons (Fsp3) is 0.381. The molecule has 1 N–H and O–H groups in total. The molecule has 1 aromatic heterocycles. The molecule has 7 heteroatoms. The van der Waals surface area contributed by atoms with Crippen molar-refractivity contribution in [2.24, 2.45) is 0 Å². The number of urea groups is 1. The summed E-state index contributed by atoms with van der Waals surface area (Å²) in [6.07, 6.45) is 2.42. The average molecular weight is 385 g/mol. The number of carbonyl (C=O) groups excluding carboxylic acids is 2. The number of ether oxygens (including phenoxy) is 2. The van der Waals surface area contributed by atoms with E-state index in [4.69, 9.17) is 9.47 Å². The Hall–Kier alpha value is -3.09. The number of hydrogen-bond acceptors (Lipinski definition) is 5. The van der Waals surface area contributed by atoms with Gasteiger partial charge in [0.05, 0.1) is 6.61 Å². The van der Waals surface area contributed by atoms with Crippen LogP contribution in [-0.2, 0) is 9.53 Å². The summed E-state index contributed by atoms with van der Waals surface area (Å²) in [6, 6.07) is 12.1. The van der Waals surface area contributed by atoms with Gasteiger partial charge in [-0.1, -0.05) is 13.0 Å². The molecule has 0 unspecified atom stereocenters. The van der Waals surface area contributed by atoms with Crippen LogP contribution in [-0.4, -0.2) is 35.7 Å². The summed E-state index contributed by atoms with van der Waals surface area (Å²) < 4.78 is 10.8. The zero-order valence-corrected chi connectivity index (χ0v) is 16.8. The first-order valence-electron chi connectivity index (χ1n) is 9.33. The second-order valence-electron chi connectivity index (χ2n) is 6.62. The maximum Gasteiger partial charge on any atom is 0.349 e. The van der Waals surface area contributed by atoms with E-state index in [1.165, 1.54) is 0 Å². The molecule has 0 bridgehead atoms. The summed E-state index contributed by atoms with van der Waals surface area (Å²) in [5, 5.41) is 2.79. The van der Waals surface area contributed by atoms with E-state index in [9.17, 15) is 9.59 Å². The lowest BCUT2D eigenvalue weighted by Gasteiger charge is -2.25. The van der Waals surface area contributed by atoms with Gasteiger partial charge in [0.2, 0.25) is 0 Å². The first kappa shape index (κ1) is 21.2. The number of pyridine rings is 1. The predicted octanol–water partition coefficient (Wildman–Crippen LogP) is 4.25. The van der Waals surface area contributed by atoms with Crippen molar-refractivity contribution in [3.8, 4) is 5.75 Å².